The average molecular weight is 314 g/mol. The molecule has 0 aliphatic heterocycles. The summed E-state index contributed by atoms with van der Waals surface area (Å²) in [6.07, 6.45) is 2.02. The molecule has 3 rings (SSSR count). The van der Waals surface area contributed by atoms with Gasteiger partial charge in [0, 0.05) is 6.07 Å². The van der Waals surface area contributed by atoms with Crippen LogP contribution in [0.3, 0.4) is 0 Å². The van der Waals surface area contributed by atoms with Gasteiger partial charge in [-0.2, -0.15) is 0 Å². The second-order valence-electron chi connectivity index (χ2n) is 5.08. The van der Waals surface area contributed by atoms with Gasteiger partial charge in [-0.1, -0.05) is 18.2 Å². The van der Waals surface area contributed by atoms with Crippen molar-refractivity contribution < 1.29 is 26.1 Å². The third-order valence-corrected chi connectivity index (χ3v) is 3.04. The van der Waals surface area contributed by atoms with Crippen LogP contribution in [0.4, 0.5) is 23.1 Å². The number of oxazole rings is 1. The van der Waals surface area contributed by atoms with E-state index >= 15 is 0 Å². The third kappa shape index (κ3) is 3.50. The Morgan fingerprint density at radius 3 is 2.27 bits per heavy atom. The molecule has 0 atom stereocenters. The van der Waals surface area contributed by atoms with Crippen molar-refractivity contribution in [2.45, 2.75) is 19.8 Å². The van der Waals surface area contributed by atoms with Crippen molar-refractivity contribution in [2.75, 3.05) is 5.73 Å². The number of nitrogens with zero attached hydrogens (tertiary/aromatic N) is 1. The number of benzene rings is 1. The molecule has 118 valence electrons. The van der Waals surface area contributed by atoms with E-state index in [0.29, 0.717) is 11.8 Å². The molecule has 0 unspecified atom stereocenters. The molecule has 0 aliphatic rings. The number of nitrogens with two attached hydrogens (primary N) is 1. The first-order valence-electron chi connectivity index (χ1n) is 6.67. The SMILES string of the molecule is CC(C)c1oc(N)c2c3ccccc3cc[n+]12.F[B-](F)(F)F. The first kappa shape index (κ1) is 16.1. The molecule has 0 bridgehead atoms. The number of pyridine rings is 1. The van der Waals surface area contributed by atoms with Gasteiger partial charge in [0.05, 0.1) is 11.3 Å². The smallest absolute Gasteiger partial charge is 0.418 e. The Kier molecular flexibility index (Phi) is 4.30. The number of hydrogen-bond acceptors (Lipinski definition) is 2. The second kappa shape index (κ2) is 5.86. The van der Waals surface area contributed by atoms with Gasteiger partial charge >= 0.3 is 13.1 Å². The molecule has 3 nitrogen and oxygen atoms in total. The monoisotopic (exact) mass is 314 g/mol. The van der Waals surface area contributed by atoms with Crippen LogP contribution in [0.15, 0.2) is 40.9 Å². The molecule has 0 spiro atoms. The largest absolute Gasteiger partial charge is 0.673 e. The van der Waals surface area contributed by atoms with E-state index < -0.39 is 7.25 Å². The minimum Gasteiger partial charge on any atom is -0.418 e. The summed E-state index contributed by atoms with van der Waals surface area (Å²) in [5.41, 5.74) is 6.96. The molecule has 2 heterocycles. The summed E-state index contributed by atoms with van der Waals surface area (Å²) in [6, 6.07) is 10.3. The quantitative estimate of drug-likeness (QED) is 0.416. The topological polar surface area (TPSA) is 43.3 Å². The maximum Gasteiger partial charge on any atom is 0.673 e. The van der Waals surface area contributed by atoms with Crippen LogP contribution in [0.1, 0.15) is 25.7 Å². The molecule has 2 aromatic heterocycles. The summed E-state index contributed by atoms with van der Waals surface area (Å²) < 4.78 is 46.7. The standard InChI is InChI=1S/C14H15N2O.BF4/c1-9(2)14-16-8-7-10-5-3-4-6-11(10)12(16)13(15)17-14;2-1(3,4)5/h3-9H,15H2,1-2H3;/q+1;-1. The molecular formula is C14H15BF4N2O. The lowest BCUT2D eigenvalue weighted by Gasteiger charge is -1.95. The highest BCUT2D eigenvalue weighted by atomic mass is 19.5. The lowest BCUT2D eigenvalue weighted by molar-refractivity contribution is -0.529. The molecule has 0 fully saturated rings. The van der Waals surface area contributed by atoms with E-state index in [-0.39, 0.29) is 0 Å². The Labute approximate surface area is 124 Å². The zero-order chi connectivity index (χ0) is 16.5. The van der Waals surface area contributed by atoms with Crippen molar-refractivity contribution in [1.82, 2.24) is 0 Å². The number of halogens is 4. The van der Waals surface area contributed by atoms with Crippen LogP contribution in [-0.2, 0) is 0 Å². The Balaban J connectivity index is 0.000000309. The summed E-state index contributed by atoms with van der Waals surface area (Å²) >= 11 is 0. The highest BCUT2D eigenvalue weighted by Gasteiger charge is 2.24. The van der Waals surface area contributed by atoms with Gasteiger partial charge < -0.3 is 27.4 Å². The van der Waals surface area contributed by atoms with Gasteiger partial charge in [0.2, 0.25) is 0 Å². The fourth-order valence-electron chi connectivity index (χ4n) is 2.26. The maximum atomic E-state index is 9.75. The van der Waals surface area contributed by atoms with Crippen molar-refractivity contribution in [2.24, 2.45) is 0 Å². The van der Waals surface area contributed by atoms with Crippen LogP contribution in [0.25, 0.3) is 16.3 Å². The molecule has 0 saturated carbocycles. The molecule has 0 aliphatic carbocycles. The van der Waals surface area contributed by atoms with E-state index in [1.165, 1.54) is 5.39 Å². The summed E-state index contributed by atoms with van der Waals surface area (Å²) in [6.45, 7) is 4.19. The van der Waals surface area contributed by atoms with Crippen molar-refractivity contribution in [3.8, 4) is 0 Å². The van der Waals surface area contributed by atoms with E-state index in [0.717, 1.165) is 16.8 Å². The minimum atomic E-state index is -6.00. The van der Waals surface area contributed by atoms with E-state index in [1.807, 2.05) is 22.7 Å². The summed E-state index contributed by atoms with van der Waals surface area (Å²) in [5.74, 6) is 1.69. The van der Waals surface area contributed by atoms with E-state index in [4.69, 9.17) is 10.2 Å². The first-order valence-corrected chi connectivity index (χ1v) is 6.67. The van der Waals surface area contributed by atoms with Crippen LogP contribution < -0.4 is 10.1 Å². The third-order valence-electron chi connectivity index (χ3n) is 3.04. The Morgan fingerprint density at radius 2 is 1.68 bits per heavy atom. The van der Waals surface area contributed by atoms with E-state index in [9.17, 15) is 17.3 Å². The van der Waals surface area contributed by atoms with Gasteiger partial charge in [0.15, 0.2) is 6.20 Å². The first-order chi connectivity index (χ1) is 10.2. The molecule has 8 heteroatoms. The predicted octanol–water partition coefficient (Wildman–Crippen LogP) is 4.18. The molecule has 0 amide bonds. The van der Waals surface area contributed by atoms with Crippen molar-refractivity contribution >= 4 is 29.4 Å². The zero-order valence-corrected chi connectivity index (χ0v) is 12.1. The Hall–Kier alpha value is -2.25. The highest BCUT2D eigenvalue weighted by Crippen LogP contribution is 2.25. The lowest BCUT2D eigenvalue weighted by Crippen LogP contribution is -2.24. The van der Waals surface area contributed by atoms with E-state index in [1.54, 1.807) is 0 Å². The molecule has 3 aromatic rings. The molecule has 0 radical (unpaired) electrons. The summed E-state index contributed by atoms with van der Waals surface area (Å²) in [5, 5.41) is 2.30. The second-order valence-corrected chi connectivity index (χ2v) is 5.08. The lowest BCUT2D eigenvalue weighted by atomic mass is 10.1. The van der Waals surface area contributed by atoms with Gasteiger partial charge in [-0.25, -0.2) is 0 Å². The van der Waals surface area contributed by atoms with Crippen molar-refractivity contribution in [3.63, 3.8) is 0 Å². The van der Waals surface area contributed by atoms with E-state index in [2.05, 4.69) is 32.0 Å². The average Bonchev–Trinajstić information content (AvgIpc) is 2.75. The van der Waals surface area contributed by atoms with Gasteiger partial charge in [-0.05, 0) is 25.3 Å². The van der Waals surface area contributed by atoms with Gasteiger partial charge in [-0.3, -0.25) is 0 Å². The predicted molar refractivity (Wildman–Crippen MR) is 78.1 cm³/mol. The number of anilines is 1. The van der Waals surface area contributed by atoms with Crippen LogP contribution in [-0.4, -0.2) is 7.25 Å². The number of nitrogen functional groups attached to an aromatic ring is 1. The van der Waals surface area contributed by atoms with Gasteiger partial charge in [0.1, 0.15) is 0 Å². The summed E-state index contributed by atoms with van der Waals surface area (Å²) in [4.78, 5) is 0. The van der Waals surface area contributed by atoms with Gasteiger partial charge in [0.25, 0.3) is 11.4 Å². The number of aromatic nitrogens is 1. The van der Waals surface area contributed by atoms with Crippen LogP contribution in [0.2, 0.25) is 0 Å². The molecule has 1 aromatic carbocycles. The number of rotatable bonds is 1. The van der Waals surface area contributed by atoms with Crippen molar-refractivity contribution in [3.05, 3.63) is 42.4 Å². The number of hydrogen-bond donors (Lipinski definition) is 1. The molecule has 22 heavy (non-hydrogen) atoms. The zero-order valence-electron chi connectivity index (χ0n) is 12.1. The maximum absolute atomic E-state index is 9.75. The molecule has 0 saturated heterocycles. The van der Waals surface area contributed by atoms with Crippen LogP contribution >= 0.6 is 0 Å². The van der Waals surface area contributed by atoms with Crippen molar-refractivity contribution in [1.29, 1.82) is 0 Å². The Bertz CT molecular complexity index is 792. The normalized spacial score (nSPS) is 11.8. The minimum absolute atomic E-state index is 0.306. The fraction of sp³-hybridized carbons (Fsp3) is 0.214. The van der Waals surface area contributed by atoms with Crippen LogP contribution in [0, 0.1) is 0 Å². The highest BCUT2D eigenvalue weighted by molar-refractivity contribution is 6.50. The molecular weight excluding hydrogens is 299 g/mol. The molecule has 2 N–H and O–H groups in total. The summed E-state index contributed by atoms with van der Waals surface area (Å²) in [7, 11) is -6.00. The Morgan fingerprint density at radius 1 is 1.09 bits per heavy atom. The fourth-order valence-corrected chi connectivity index (χ4v) is 2.26. The van der Waals surface area contributed by atoms with Gasteiger partial charge in [-0.15, -0.1) is 4.40 Å². The van der Waals surface area contributed by atoms with Crippen LogP contribution in [0.5, 0.6) is 0 Å². The number of fused-ring (bicyclic) bond motifs is 3.